The summed E-state index contributed by atoms with van der Waals surface area (Å²) in [6.07, 6.45) is 1.13. The fraction of sp³-hybridized carbons (Fsp3) is 1.00. The van der Waals surface area contributed by atoms with Crippen LogP contribution in [0.5, 0.6) is 0 Å². The maximum atomic E-state index is 11.8. The van der Waals surface area contributed by atoms with Gasteiger partial charge in [-0.15, -0.1) is 0 Å². The first-order valence-corrected chi connectivity index (χ1v) is 10.1. The second kappa shape index (κ2) is 7.42. The van der Waals surface area contributed by atoms with Crippen molar-refractivity contribution >= 4 is 9.84 Å². The number of nitrogens with one attached hydrogen (secondary N) is 1. The lowest BCUT2D eigenvalue weighted by atomic mass is 9.83. The lowest BCUT2D eigenvalue weighted by Gasteiger charge is -2.47. The molecule has 0 saturated carbocycles. The molecule has 3 unspecified atom stereocenters. The molecule has 0 bridgehead atoms. The minimum atomic E-state index is -2.89. The molecule has 21 heavy (non-hydrogen) atoms. The molecule has 1 fully saturated rings. The largest absolute Gasteiger partial charge is 0.311 e. The summed E-state index contributed by atoms with van der Waals surface area (Å²) in [5.41, 5.74) is 0.197. The van der Waals surface area contributed by atoms with E-state index in [1.54, 1.807) is 6.92 Å². The third-order valence-corrected chi connectivity index (χ3v) is 6.62. The van der Waals surface area contributed by atoms with Gasteiger partial charge in [0.1, 0.15) is 0 Å². The van der Waals surface area contributed by atoms with E-state index < -0.39 is 9.84 Å². The Morgan fingerprint density at radius 1 is 1.29 bits per heavy atom. The van der Waals surface area contributed by atoms with Gasteiger partial charge in [-0.1, -0.05) is 48.0 Å². The van der Waals surface area contributed by atoms with E-state index in [4.69, 9.17) is 0 Å². The number of hydrogen-bond donors (Lipinski definition) is 1. The molecule has 126 valence electrons. The van der Waals surface area contributed by atoms with E-state index >= 15 is 0 Å². The molecule has 0 radical (unpaired) electrons. The minimum Gasteiger partial charge on any atom is -0.311 e. The van der Waals surface area contributed by atoms with Gasteiger partial charge in [-0.25, -0.2) is 8.42 Å². The molecule has 3 atom stereocenters. The Kier molecular flexibility index (Phi) is 6.69. The number of nitrogens with zero attached hydrogens (tertiary/aromatic N) is 1. The van der Waals surface area contributed by atoms with Crippen molar-refractivity contribution in [3.8, 4) is 0 Å². The number of rotatable bonds is 6. The van der Waals surface area contributed by atoms with E-state index in [1.807, 2.05) is 0 Å². The van der Waals surface area contributed by atoms with Crippen LogP contribution in [-0.4, -0.2) is 56.5 Å². The summed E-state index contributed by atoms with van der Waals surface area (Å²) in [5, 5.41) is 3.67. The average Bonchev–Trinajstić information content (AvgIpc) is 2.43. The molecule has 0 aromatic heterocycles. The highest BCUT2D eigenvalue weighted by Gasteiger charge is 2.35. The smallest absolute Gasteiger partial charge is 0.151 e. The molecule has 4 nitrogen and oxygen atoms in total. The molecule has 1 aliphatic heterocycles. The summed E-state index contributed by atoms with van der Waals surface area (Å²) in [4.78, 5) is 2.41. The van der Waals surface area contributed by atoms with Gasteiger partial charge in [0.25, 0.3) is 0 Å². The standard InChI is InChI=1S/C16H34N2O2S/c1-7-13(3)14-11-17-15(16(4,5)6)12-18(14)9-10-21(19,20)8-2/h13-15,17H,7-12H2,1-6H3. The van der Waals surface area contributed by atoms with E-state index in [1.165, 1.54) is 0 Å². The number of sulfone groups is 1. The minimum absolute atomic E-state index is 0.197. The summed E-state index contributed by atoms with van der Waals surface area (Å²) in [6, 6.07) is 0.864. The van der Waals surface area contributed by atoms with E-state index in [-0.39, 0.29) is 16.9 Å². The molecule has 5 heteroatoms. The Morgan fingerprint density at radius 2 is 1.90 bits per heavy atom. The van der Waals surface area contributed by atoms with E-state index in [9.17, 15) is 8.42 Å². The van der Waals surface area contributed by atoms with E-state index in [0.29, 0.717) is 24.5 Å². The van der Waals surface area contributed by atoms with Gasteiger partial charge in [0, 0.05) is 37.5 Å². The van der Waals surface area contributed by atoms with Gasteiger partial charge in [-0.2, -0.15) is 0 Å². The predicted octanol–water partition coefficient (Wildman–Crippen LogP) is 2.16. The molecule has 0 aromatic rings. The highest BCUT2D eigenvalue weighted by molar-refractivity contribution is 7.91. The van der Waals surface area contributed by atoms with Crippen molar-refractivity contribution in [1.29, 1.82) is 0 Å². The maximum Gasteiger partial charge on any atom is 0.151 e. The molecule has 1 saturated heterocycles. The molecule has 1 aliphatic rings. The van der Waals surface area contributed by atoms with Gasteiger partial charge >= 0.3 is 0 Å². The Bertz CT molecular complexity index is 414. The first-order chi connectivity index (χ1) is 9.60. The van der Waals surface area contributed by atoms with Crippen LogP contribution >= 0.6 is 0 Å². The summed E-state index contributed by atoms with van der Waals surface area (Å²) in [5.74, 6) is 1.12. The van der Waals surface area contributed by atoms with Crippen molar-refractivity contribution in [2.45, 2.75) is 60.0 Å². The molecule has 0 spiro atoms. The summed E-state index contributed by atoms with van der Waals surface area (Å²) in [7, 11) is -2.89. The average molecular weight is 319 g/mol. The van der Waals surface area contributed by atoms with Crippen LogP contribution in [0.15, 0.2) is 0 Å². The fourth-order valence-corrected chi connectivity index (χ4v) is 3.70. The van der Waals surface area contributed by atoms with Gasteiger partial charge in [0.05, 0.1) is 5.75 Å². The van der Waals surface area contributed by atoms with Gasteiger partial charge < -0.3 is 5.32 Å². The summed E-state index contributed by atoms with van der Waals surface area (Å²) < 4.78 is 23.6. The van der Waals surface area contributed by atoms with Crippen LogP contribution in [0, 0.1) is 11.3 Å². The zero-order valence-electron chi connectivity index (χ0n) is 14.6. The fourth-order valence-electron chi connectivity index (χ4n) is 2.90. The maximum absolute atomic E-state index is 11.8. The van der Waals surface area contributed by atoms with E-state index in [0.717, 1.165) is 19.5 Å². The quantitative estimate of drug-likeness (QED) is 0.815. The Hall–Kier alpha value is -0.130. The van der Waals surface area contributed by atoms with Crippen molar-refractivity contribution in [2.24, 2.45) is 11.3 Å². The van der Waals surface area contributed by atoms with Crippen molar-refractivity contribution < 1.29 is 8.42 Å². The number of hydrogen-bond acceptors (Lipinski definition) is 4. The molecule has 0 amide bonds. The van der Waals surface area contributed by atoms with Crippen LogP contribution in [0.2, 0.25) is 0 Å². The SMILES string of the molecule is CCC(C)C1CNC(C(C)(C)C)CN1CCS(=O)(=O)CC. The molecule has 0 aromatic carbocycles. The molecule has 1 N–H and O–H groups in total. The van der Waals surface area contributed by atoms with Crippen molar-refractivity contribution in [1.82, 2.24) is 10.2 Å². The molecular formula is C16H34N2O2S. The van der Waals surface area contributed by atoms with E-state index in [2.05, 4.69) is 44.8 Å². The predicted molar refractivity (Wildman–Crippen MR) is 90.4 cm³/mol. The second-order valence-corrected chi connectivity index (χ2v) is 9.98. The molecular weight excluding hydrogens is 284 g/mol. The van der Waals surface area contributed by atoms with Crippen LogP contribution < -0.4 is 5.32 Å². The zero-order chi connectivity index (χ0) is 16.3. The molecule has 0 aliphatic carbocycles. The van der Waals surface area contributed by atoms with Crippen LogP contribution in [0.1, 0.15) is 48.0 Å². The molecule has 1 rings (SSSR count). The number of piperazine rings is 1. The Morgan fingerprint density at radius 3 is 2.38 bits per heavy atom. The summed E-state index contributed by atoms with van der Waals surface area (Å²) >= 11 is 0. The third kappa shape index (κ3) is 5.53. The molecule has 1 heterocycles. The van der Waals surface area contributed by atoms with Crippen molar-refractivity contribution in [3.05, 3.63) is 0 Å². The highest BCUT2D eigenvalue weighted by atomic mass is 32.2. The van der Waals surface area contributed by atoms with Crippen LogP contribution in [0.4, 0.5) is 0 Å². The van der Waals surface area contributed by atoms with Crippen molar-refractivity contribution in [2.75, 3.05) is 31.1 Å². The van der Waals surface area contributed by atoms with Gasteiger partial charge in [-0.05, 0) is 11.3 Å². The Balaban J connectivity index is 2.78. The first kappa shape index (κ1) is 18.9. The second-order valence-electron chi connectivity index (χ2n) is 7.51. The lowest BCUT2D eigenvalue weighted by Crippen LogP contribution is -2.62. The highest BCUT2D eigenvalue weighted by Crippen LogP contribution is 2.26. The van der Waals surface area contributed by atoms with Gasteiger partial charge in [0.15, 0.2) is 9.84 Å². The Labute approximate surface area is 131 Å². The lowest BCUT2D eigenvalue weighted by molar-refractivity contribution is 0.0633. The zero-order valence-corrected chi connectivity index (χ0v) is 15.5. The topological polar surface area (TPSA) is 49.4 Å². The first-order valence-electron chi connectivity index (χ1n) is 8.28. The van der Waals surface area contributed by atoms with Crippen LogP contribution in [0.3, 0.4) is 0 Å². The third-order valence-electron chi connectivity index (χ3n) is 4.94. The van der Waals surface area contributed by atoms with Gasteiger partial charge in [-0.3, -0.25) is 4.90 Å². The van der Waals surface area contributed by atoms with Gasteiger partial charge in [0.2, 0.25) is 0 Å². The normalized spacial score (nSPS) is 26.8. The van der Waals surface area contributed by atoms with Crippen molar-refractivity contribution in [3.63, 3.8) is 0 Å². The van der Waals surface area contributed by atoms with Crippen LogP contribution in [0.25, 0.3) is 0 Å². The summed E-state index contributed by atoms with van der Waals surface area (Å²) in [6.45, 7) is 15.5. The van der Waals surface area contributed by atoms with Crippen LogP contribution in [-0.2, 0) is 9.84 Å². The monoisotopic (exact) mass is 318 g/mol.